The number of hydroxylamine groups is 2. The lowest BCUT2D eigenvalue weighted by molar-refractivity contribution is -0.177. The number of allylic oxidation sites excluding steroid dienone is 4. The molecule has 3 unspecified atom stereocenters. The summed E-state index contributed by atoms with van der Waals surface area (Å²) in [6.45, 7) is -0.0905. The number of carbonyl (C=O) groups excluding carboxylic acids is 6. The van der Waals surface area contributed by atoms with Crippen molar-refractivity contribution >= 4 is 41.4 Å². The summed E-state index contributed by atoms with van der Waals surface area (Å²) in [5.41, 5.74) is 2.42. The van der Waals surface area contributed by atoms with Gasteiger partial charge in [0.25, 0.3) is 23.6 Å². The average molecular weight is 505 g/mol. The van der Waals surface area contributed by atoms with Gasteiger partial charge in [-0.25, -0.2) is 4.79 Å². The van der Waals surface area contributed by atoms with Crippen LogP contribution in [0, 0.1) is 5.92 Å². The Balaban J connectivity index is 1.25. The van der Waals surface area contributed by atoms with Crippen LogP contribution in [-0.2, 0) is 33.5 Å². The minimum absolute atomic E-state index is 0.00602. The van der Waals surface area contributed by atoms with Gasteiger partial charge in [0.05, 0.1) is 0 Å². The molecular weight excluding hydrogens is 482 g/mol. The highest BCUT2D eigenvalue weighted by Crippen LogP contribution is 2.50. The SMILES string of the molecule is O=C(CCN1C(=O)C=CC1=O)Nc1ccc2c(c1)C(COC(=O)ON1C(=O)CCC1=O)C1C=CC=CC21. The molecule has 3 atom stereocenters. The van der Waals surface area contributed by atoms with Gasteiger partial charge in [0.1, 0.15) is 6.61 Å². The number of imide groups is 2. The maximum absolute atomic E-state index is 12.5. The van der Waals surface area contributed by atoms with Crippen LogP contribution < -0.4 is 5.32 Å². The quantitative estimate of drug-likeness (QED) is 0.439. The van der Waals surface area contributed by atoms with E-state index in [9.17, 15) is 28.8 Å². The fourth-order valence-electron chi connectivity index (χ4n) is 5.01. The van der Waals surface area contributed by atoms with Crippen molar-refractivity contribution in [2.45, 2.75) is 31.1 Å². The van der Waals surface area contributed by atoms with Crippen LogP contribution in [0.2, 0.25) is 0 Å². The molecule has 5 rings (SSSR count). The maximum atomic E-state index is 12.5. The maximum Gasteiger partial charge on any atom is 0.533 e. The van der Waals surface area contributed by atoms with E-state index in [0.717, 1.165) is 16.0 Å². The van der Waals surface area contributed by atoms with Gasteiger partial charge in [0.15, 0.2) is 0 Å². The number of ether oxygens (including phenoxy) is 1. The van der Waals surface area contributed by atoms with Crippen LogP contribution >= 0.6 is 0 Å². The molecule has 2 aliphatic carbocycles. The Morgan fingerprint density at radius 1 is 0.946 bits per heavy atom. The number of carbonyl (C=O) groups is 6. The van der Waals surface area contributed by atoms with Gasteiger partial charge in [-0.05, 0) is 29.2 Å². The average Bonchev–Trinajstić information content (AvgIpc) is 3.49. The summed E-state index contributed by atoms with van der Waals surface area (Å²) in [5, 5.41) is 3.23. The van der Waals surface area contributed by atoms with Crippen molar-refractivity contribution in [3.63, 3.8) is 0 Å². The van der Waals surface area contributed by atoms with E-state index in [2.05, 4.69) is 11.4 Å². The second-order valence-electron chi connectivity index (χ2n) is 9.02. The van der Waals surface area contributed by atoms with Crippen LogP contribution in [0.1, 0.15) is 42.2 Å². The summed E-state index contributed by atoms with van der Waals surface area (Å²) >= 11 is 0. The van der Waals surface area contributed by atoms with Crippen LogP contribution in [0.4, 0.5) is 10.5 Å². The third kappa shape index (κ3) is 4.80. The van der Waals surface area contributed by atoms with E-state index in [0.29, 0.717) is 10.8 Å². The van der Waals surface area contributed by atoms with Gasteiger partial charge in [0, 0.05) is 55.5 Å². The standard InChI is InChI=1S/C26H23N3O8/c30-21(11-12-28-22(31)7-8-23(28)32)27-15-5-6-18-16-3-1-2-4-17(16)20(19(18)13-15)14-36-26(35)37-29-24(33)9-10-25(29)34/h1-8,13,16-17,20H,9-12,14H2,(H,27,30). The number of amides is 5. The molecule has 1 N–H and O–H groups in total. The first-order valence-corrected chi connectivity index (χ1v) is 11.8. The number of fused-ring (bicyclic) bond motifs is 3. The molecule has 0 bridgehead atoms. The predicted octanol–water partition coefficient (Wildman–Crippen LogP) is 2.08. The minimum atomic E-state index is -1.14. The fraction of sp³-hybridized carbons (Fsp3) is 0.308. The zero-order valence-corrected chi connectivity index (χ0v) is 19.6. The van der Waals surface area contributed by atoms with E-state index < -0.39 is 29.8 Å². The molecule has 0 saturated carbocycles. The Kier molecular flexibility index (Phi) is 6.43. The lowest BCUT2D eigenvalue weighted by Gasteiger charge is -2.22. The Morgan fingerprint density at radius 2 is 1.65 bits per heavy atom. The topological polar surface area (TPSA) is 139 Å². The summed E-state index contributed by atoms with van der Waals surface area (Å²) in [4.78, 5) is 77.3. The predicted molar refractivity (Wildman–Crippen MR) is 126 cm³/mol. The minimum Gasteiger partial charge on any atom is -0.432 e. The number of nitrogens with one attached hydrogen (secondary N) is 1. The molecule has 37 heavy (non-hydrogen) atoms. The van der Waals surface area contributed by atoms with E-state index in [1.807, 2.05) is 30.4 Å². The molecule has 1 fully saturated rings. The van der Waals surface area contributed by atoms with Gasteiger partial charge < -0.3 is 10.1 Å². The highest BCUT2D eigenvalue weighted by Gasteiger charge is 2.40. The zero-order valence-electron chi connectivity index (χ0n) is 19.6. The molecule has 1 saturated heterocycles. The van der Waals surface area contributed by atoms with Gasteiger partial charge in [-0.15, -0.1) is 0 Å². The number of hydrogen-bond donors (Lipinski definition) is 1. The van der Waals surface area contributed by atoms with Crippen molar-refractivity contribution in [1.29, 1.82) is 0 Å². The van der Waals surface area contributed by atoms with Gasteiger partial charge in [-0.3, -0.25) is 33.7 Å². The molecule has 2 heterocycles. The van der Waals surface area contributed by atoms with Crippen LogP contribution in [-0.4, -0.2) is 58.8 Å². The number of anilines is 1. The van der Waals surface area contributed by atoms with E-state index in [1.54, 1.807) is 6.07 Å². The van der Waals surface area contributed by atoms with Crippen molar-refractivity contribution in [2.24, 2.45) is 5.92 Å². The second-order valence-corrected chi connectivity index (χ2v) is 9.02. The first-order chi connectivity index (χ1) is 17.8. The lowest BCUT2D eigenvalue weighted by atomic mass is 9.84. The van der Waals surface area contributed by atoms with Crippen LogP contribution in [0.5, 0.6) is 0 Å². The lowest BCUT2D eigenvalue weighted by Crippen LogP contribution is -2.33. The summed E-state index contributed by atoms with van der Waals surface area (Å²) in [5.74, 6) is -2.66. The first-order valence-electron chi connectivity index (χ1n) is 11.8. The summed E-state index contributed by atoms with van der Waals surface area (Å²) in [7, 11) is 0. The third-order valence-electron chi connectivity index (χ3n) is 6.79. The van der Waals surface area contributed by atoms with Crippen LogP contribution in [0.25, 0.3) is 0 Å². The molecule has 1 aromatic rings. The molecule has 0 aromatic heterocycles. The molecule has 11 heteroatoms. The van der Waals surface area contributed by atoms with Gasteiger partial charge in [0.2, 0.25) is 5.91 Å². The molecule has 5 amide bonds. The molecule has 2 aliphatic heterocycles. The van der Waals surface area contributed by atoms with E-state index in [-0.39, 0.29) is 56.1 Å². The number of hydrogen-bond acceptors (Lipinski definition) is 8. The fourth-order valence-corrected chi connectivity index (χ4v) is 5.01. The van der Waals surface area contributed by atoms with Crippen molar-refractivity contribution in [3.8, 4) is 0 Å². The molecule has 1 aromatic carbocycles. The Labute approximate surface area is 211 Å². The van der Waals surface area contributed by atoms with E-state index >= 15 is 0 Å². The Hall–Kier alpha value is -4.54. The molecular formula is C26H23N3O8. The summed E-state index contributed by atoms with van der Waals surface area (Å²) < 4.78 is 5.30. The summed E-state index contributed by atoms with van der Waals surface area (Å²) in [6, 6.07) is 5.49. The van der Waals surface area contributed by atoms with Crippen molar-refractivity contribution in [2.75, 3.05) is 18.5 Å². The first kappa shape index (κ1) is 24.2. The third-order valence-corrected chi connectivity index (χ3v) is 6.79. The molecule has 190 valence electrons. The van der Waals surface area contributed by atoms with Crippen LogP contribution in [0.15, 0.2) is 54.7 Å². The smallest absolute Gasteiger partial charge is 0.432 e. The largest absolute Gasteiger partial charge is 0.533 e. The van der Waals surface area contributed by atoms with E-state index in [4.69, 9.17) is 9.57 Å². The molecule has 0 spiro atoms. The Bertz CT molecular complexity index is 1260. The molecule has 11 nitrogen and oxygen atoms in total. The number of benzene rings is 1. The normalized spacial score (nSPS) is 23.5. The number of nitrogens with zero attached hydrogens (tertiary/aromatic N) is 2. The van der Waals surface area contributed by atoms with Crippen molar-refractivity contribution in [1.82, 2.24) is 9.96 Å². The highest BCUT2D eigenvalue weighted by atomic mass is 16.8. The number of rotatable bonds is 7. The monoisotopic (exact) mass is 505 g/mol. The Morgan fingerprint density at radius 3 is 2.38 bits per heavy atom. The highest BCUT2D eigenvalue weighted by molar-refractivity contribution is 6.13. The second kappa shape index (κ2) is 9.84. The van der Waals surface area contributed by atoms with Gasteiger partial charge in [-0.2, -0.15) is 0 Å². The molecule has 0 radical (unpaired) electrons. The van der Waals surface area contributed by atoms with Crippen molar-refractivity contribution < 1.29 is 38.3 Å². The molecule has 4 aliphatic rings. The summed E-state index contributed by atoms with van der Waals surface area (Å²) in [6.07, 6.45) is 9.04. The zero-order chi connectivity index (χ0) is 26.1. The van der Waals surface area contributed by atoms with Gasteiger partial charge in [-0.1, -0.05) is 35.4 Å². The van der Waals surface area contributed by atoms with Crippen LogP contribution in [0.3, 0.4) is 0 Å². The van der Waals surface area contributed by atoms with Crippen molar-refractivity contribution in [3.05, 3.63) is 65.8 Å². The van der Waals surface area contributed by atoms with E-state index in [1.165, 1.54) is 12.2 Å². The van der Waals surface area contributed by atoms with Gasteiger partial charge >= 0.3 is 6.16 Å².